The molecule has 2 aromatic rings. The first kappa shape index (κ1) is 26.1. The maximum Gasteiger partial charge on any atom is 0.349 e. The minimum atomic E-state index is -0.903. The van der Waals surface area contributed by atoms with Gasteiger partial charge in [-0.3, -0.25) is 0 Å². The van der Waals surface area contributed by atoms with Gasteiger partial charge in [-0.2, -0.15) is 0 Å². The van der Waals surface area contributed by atoms with Crippen LogP contribution in [0.15, 0.2) is 69.7 Å². The summed E-state index contributed by atoms with van der Waals surface area (Å²) in [4.78, 5) is 14.5. The molecule has 0 aliphatic carbocycles. The minimum Gasteiger partial charge on any atom is -0.511 e. The van der Waals surface area contributed by atoms with Crippen LogP contribution in [0.4, 0.5) is 0 Å². The summed E-state index contributed by atoms with van der Waals surface area (Å²) in [6.07, 6.45) is 3.66. The number of rotatable bonds is 7. The topological polar surface area (TPSA) is 66.8 Å². The molecule has 34 heavy (non-hydrogen) atoms. The van der Waals surface area contributed by atoms with Gasteiger partial charge < -0.3 is 14.9 Å². The van der Waals surface area contributed by atoms with E-state index in [-0.39, 0.29) is 29.1 Å². The van der Waals surface area contributed by atoms with Crippen LogP contribution in [-0.2, 0) is 27.2 Å². The summed E-state index contributed by atoms with van der Waals surface area (Å²) < 4.78 is 6.17. The van der Waals surface area contributed by atoms with Crippen molar-refractivity contribution in [1.29, 1.82) is 0 Å². The van der Waals surface area contributed by atoms with Gasteiger partial charge in [-0.15, -0.1) is 0 Å². The fourth-order valence-corrected chi connectivity index (χ4v) is 5.48. The number of benzene rings is 2. The van der Waals surface area contributed by atoms with Gasteiger partial charge in [0.2, 0.25) is 0 Å². The molecule has 0 radical (unpaired) electrons. The summed E-state index contributed by atoms with van der Waals surface area (Å²) in [6, 6.07) is 13.7. The number of thioether (sulfide) groups is 1. The molecule has 0 bridgehead atoms. The van der Waals surface area contributed by atoms with Crippen LogP contribution in [0.1, 0.15) is 76.1 Å². The van der Waals surface area contributed by atoms with Gasteiger partial charge in [0, 0.05) is 4.90 Å². The lowest BCUT2D eigenvalue weighted by molar-refractivity contribution is -0.160. The fraction of sp³-hybridized carbons (Fsp3) is 0.414. The van der Waals surface area contributed by atoms with E-state index >= 15 is 0 Å². The molecule has 1 atom stereocenters. The van der Waals surface area contributed by atoms with Crippen molar-refractivity contribution in [3.05, 3.63) is 87.0 Å². The van der Waals surface area contributed by atoms with Gasteiger partial charge in [0.25, 0.3) is 0 Å². The van der Waals surface area contributed by atoms with E-state index in [1.54, 1.807) is 0 Å². The Morgan fingerprint density at radius 3 is 2.44 bits per heavy atom. The standard InChI is InChI=1S/C29H36O4S/c1-7-19(2)13-14-29(22-11-9-8-10-12-22)17-24(31)26(27(32)33-29)34-25-15-20(3)21(18-30)16-23(25)28(4,5)6/h7-12,15-16,30-31H,13-14,17-18H2,1-6H3/b19-7+. The number of hydrogen-bond acceptors (Lipinski definition) is 5. The van der Waals surface area contributed by atoms with Crippen molar-refractivity contribution in [3.8, 4) is 0 Å². The third kappa shape index (κ3) is 5.59. The highest BCUT2D eigenvalue weighted by Crippen LogP contribution is 2.47. The zero-order valence-corrected chi connectivity index (χ0v) is 21.9. The number of aliphatic hydroxyl groups is 2. The molecule has 0 saturated carbocycles. The number of aliphatic hydroxyl groups excluding tert-OH is 2. The number of esters is 1. The van der Waals surface area contributed by atoms with Crippen molar-refractivity contribution < 1.29 is 19.7 Å². The van der Waals surface area contributed by atoms with E-state index in [0.717, 1.165) is 33.6 Å². The highest BCUT2D eigenvalue weighted by Gasteiger charge is 2.43. The first-order chi connectivity index (χ1) is 16.0. The Balaban J connectivity index is 2.03. The molecule has 0 fully saturated rings. The molecule has 3 rings (SSSR count). The van der Waals surface area contributed by atoms with E-state index in [9.17, 15) is 15.0 Å². The number of carbonyl (C=O) groups is 1. The van der Waals surface area contributed by atoms with Crippen LogP contribution >= 0.6 is 11.8 Å². The van der Waals surface area contributed by atoms with Crippen LogP contribution in [0.2, 0.25) is 0 Å². The molecule has 2 aromatic carbocycles. The lowest BCUT2D eigenvalue weighted by atomic mass is 9.82. The first-order valence-electron chi connectivity index (χ1n) is 11.8. The SMILES string of the molecule is C/C=C(\C)CCC1(c2ccccc2)CC(O)=C(Sc2cc(C)c(CO)cc2C(C)(C)C)C(=O)O1. The van der Waals surface area contributed by atoms with Crippen molar-refractivity contribution >= 4 is 17.7 Å². The Morgan fingerprint density at radius 1 is 1.21 bits per heavy atom. The molecular formula is C29H36O4S. The molecule has 0 spiro atoms. The average molecular weight is 481 g/mol. The van der Waals surface area contributed by atoms with E-state index in [1.807, 2.05) is 56.3 Å². The Morgan fingerprint density at radius 2 is 1.88 bits per heavy atom. The van der Waals surface area contributed by atoms with E-state index < -0.39 is 11.6 Å². The Hall–Kier alpha value is -2.50. The highest BCUT2D eigenvalue weighted by atomic mass is 32.2. The monoisotopic (exact) mass is 480 g/mol. The van der Waals surface area contributed by atoms with Gasteiger partial charge in [0.1, 0.15) is 16.3 Å². The zero-order valence-electron chi connectivity index (χ0n) is 21.1. The summed E-state index contributed by atoms with van der Waals surface area (Å²) in [5.74, 6) is -0.438. The smallest absolute Gasteiger partial charge is 0.349 e. The predicted molar refractivity (Wildman–Crippen MR) is 139 cm³/mol. The molecule has 1 heterocycles. The molecule has 4 nitrogen and oxygen atoms in total. The van der Waals surface area contributed by atoms with E-state index in [0.29, 0.717) is 6.42 Å². The van der Waals surface area contributed by atoms with Crippen LogP contribution in [0.5, 0.6) is 0 Å². The number of cyclic esters (lactones) is 1. The molecule has 0 aromatic heterocycles. The van der Waals surface area contributed by atoms with Crippen LogP contribution in [-0.4, -0.2) is 16.2 Å². The lowest BCUT2D eigenvalue weighted by Gasteiger charge is -2.38. The second-order valence-corrected chi connectivity index (χ2v) is 11.2. The second kappa shape index (κ2) is 10.4. The summed E-state index contributed by atoms with van der Waals surface area (Å²) in [6.45, 7) is 12.3. The Kier molecular flexibility index (Phi) is 7.99. The van der Waals surface area contributed by atoms with Crippen molar-refractivity contribution in [3.63, 3.8) is 0 Å². The van der Waals surface area contributed by atoms with Crippen LogP contribution in [0.25, 0.3) is 0 Å². The van der Waals surface area contributed by atoms with Gasteiger partial charge in [0.15, 0.2) is 0 Å². The maximum atomic E-state index is 13.4. The largest absolute Gasteiger partial charge is 0.511 e. The van der Waals surface area contributed by atoms with Crippen molar-refractivity contribution in [2.45, 2.75) is 83.3 Å². The molecule has 0 saturated heterocycles. The molecule has 1 aliphatic rings. The van der Waals surface area contributed by atoms with Gasteiger partial charge >= 0.3 is 5.97 Å². The van der Waals surface area contributed by atoms with E-state index in [4.69, 9.17) is 4.74 Å². The summed E-state index contributed by atoms with van der Waals surface area (Å²) in [5, 5.41) is 20.9. The number of hydrogen-bond donors (Lipinski definition) is 2. The zero-order chi connectivity index (χ0) is 25.1. The fourth-order valence-electron chi connectivity index (χ4n) is 4.24. The predicted octanol–water partition coefficient (Wildman–Crippen LogP) is 7.24. The maximum absolute atomic E-state index is 13.4. The molecule has 0 amide bonds. The van der Waals surface area contributed by atoms with E-state index in [1.165, 1.54) is 17.3 Å². The third-order valence-electron chi connectivity index (χ3n) is 6.53. The average Bonchev–Trinajstić information content (AvgIpc) is 2.79. The Labute approximate surface area is 207 Å². The number of aryl methyl sites for hydroxylation is 1. The molecule has 5 heteroatoms. The third-order valence-corrected chi connectivity index (χ3v) is 7.70. The normalized spacial score (nSPS) is 19.4. The van der Waals surface area contributed by atoms with Crippen LogP contribution < -0.4 is 0 Å². The minimum absolute atomic E-state index is 0.0406. The molecule has 1 unspecified atom stereocenters. The second-order valence-electron chi connectivity index (χ2n) is 10.1. The summed E-state index contributed by atoms with van der Waals surface area (Å²) in [5.41, 5.74) is 3.82. The summed E-state index contributed by atoms with van der Waals surface area (Å²) >= 11 is 1.25. The van der Waals surface area contributed by atoms with Crippen molar-refractivity contribution in [1.82, 2.24) is 0 Å². The van der Waals surface area contributed by atoms with Crippen LogP contribution in [0.3, 0.4) is 0 Å². The molecule has 1 aliphatic heterocycles. The number of ether oxygens (including phenoxy) is 1. The van der Waals surface area contributed by atoms with Gasteiger partial charge in [-0.1, -0.05) is 80.6 Å². The van der Waals surface area contributed by atoms with Crippen molar-refractivity contribution in [2.24, 2.45) is 0 Å². The van der Waals surface area contributed by atoms with Gasteiger partial charge in [0.05, 0.1) is 13.0 Å². The molecular weight excluding hydrogens is 444 g/mol. The highest BCUT2D eigenvalue weighted by molar-refractivity contribution is 8.04. The Bertz CT molecular complexity index is 1110. The first-order valence-corrected chi connectivity index (χ1v) is 12.6. The summed E-state index contributed by atoms with van der Waals surface area (Å²) in [7, 11) is 0. The lowest BCUT2D eigenvalue weighted by Crippen LogP contribution is -2.37. The van der Waals surface area contributed by atoms with E-state index in [2.05, 4.69) is 33.8 Å². The molecule has 2 N–H and O–H groups in total. The number of carbonyl (C=O) groups excluding carboxylic acids is 1. The number of allylic oxidation sites excluding steroid dienone is 2. The van der Waals surface area contributed by atoms with Gasteiger partial charge in [-0.05, 0) is 67.3 Å². The van der Waals surface area contributed by atoms with Gasteiger partial charge in [-0.25, -0.2) is 4.79 Å². The molecule has 182 valence electrons. The quantitative estimate of drug-likeness (QED) is 0.323. The van der Waals surface area contributed by atoms with Crippen LogP contribution in [0, 0.1) is 6.92 Å². The van der Waals surface area contributed by atoms with Crippen molar-refractivity contribution in [2.75, 3.05) is 0 Å².